The second-order valence-corrected chi connectivity index (χ2v) is 10.8. The van der Waals surface area contributed by atoms with Gasteiger partial charge in [-0.3, -0.25) is 9.78 Å². The third-order valence-corrected chi connectivity index (χ3v) is 8.69. The number of rotatable bonds is 5. The second kappa shape index (κ2) is 7.88. The van der Waals surface area contributed by atoms with Gasteiger partial charge in [0, 0.05) is 29.9 Å². The number of halogens is 1. The Kier molecular flexibility index (Phi) is 5.48. The molecule has 0 radical (unpaired) electrons. The van der Waals surface area contributed by atoms with Gasteiger partial charge in [0.1, 0.15) is 10.3 Å². The standard InChI is InChI=1S/C17H15ClN4O3S3/c18-14-3-4-15(27-14)28(24,25)22-9-1-2-13(22)16(23)21-17-20-12(10-26-17)11-5-7-19-8-6-11/h3-8,10,13H,1-2,9H2,(H,20,21,23). The monoisotopic (exact) mass is 454 g/mol. The summed E-state index contributed by atoms with van der Waals surface area (Å²) in [5, 5.41) is 5.02. The fourth-order valence-electron chi connectivity index (χ4n) is 3.02. The highest BCUT2D eigenvalue weighted by molar-refractivity contribution is 7.91. The summed E-state index contributed by atoms with van der Waals surface area (Å²) >= 11 is 8.16. The van der Waals surface area contributed by atoms with Gasteiger partial charge in [0.05, 0.1) is 10.0 Å². The van der Waals surface area contributed by atoms with Gasteiger partial charge in [0.25, 0.3) is 10.0 Å². The summed E-state index contributed by atoms with van der Waals surface area (Å²) < 4.78 is 27.6. The van der Waals surface area contributed by atoms with Gasteiger partial charge in [-0.2, -0.15) is 4.31 Å². The molecule has 28 heavy (non-hydrogen) atoms. The number of amides is 1. The van der Waals surface area contributed by atoms with Crippen molar-refractivity contribution in [2.45, 2.75) is 23.1 Å². The number of nitrogens with zero attached hydrogens (tertiary/aromatic N) is 3. The van der Waals surface area contributed by atoms with Crippen LogP contribution in [0.15, 0.2) is 46.2 Å². The first kappa shape index (κ1) is 19.5. The van der Waals surface area contributed by atoms with Crippen LogP contribution in [0.5, 0.6) is 0 Å². The minimum atomic E-state index is -3.76. The number of aromatic nitrogens is 2. The summed E-state index contributed by atoms with van der Waals surface area (Å²) in [6, 6.07) is 5.91. The summed E-state index contributed by atoms with van der Waals surface area (Å²) in [6.07, 6.45) is 4.43. The quantitative estimate of drug-likeness (QED) is 0.634. The van der Waals surface area contributed by atoms with Crippen LogP contribution < -0.4 is 5.32 Å². The third kappa shape index (κ3) is 3.83. The Hall–Kier alpha value is -1.85. The summed E-state index contributed by atoms with van der Waals surface area (Å²) in [4.78, 5) is 21.2. The molecule has 4 heterocycles. The number of thiophene rings is 1. The number of anilines is 1. The fraction of sp³-hybridized carbons (Fsp3) is 0.235. The predicted octanol–water partition coefficient (Wildman–Crippen LogP) is 3.71. The van der Waals surface area contributed by atoms with Crippen LogP contribution in [0, 0.1) is 0 Å². The van der Waals surface area contributed by atoms with E-state index >= 15 is 0 Å². The van der Waals surface area contributed by atoms with Gasteiger partial charge >= 0.3 is 0 Å². The molecule has 0 bridgehead atoms. The van der Waals surface area contributed by atoms with E-state index in [-0.39, 0.29) is 10.1 Å². The molecule has 3 aromatic heterocycles. The number of hydrogen-bond acceptors (Lipinski definition) is 7. The van der Waals surface area contributed by atoms with Gasteiger partial charge in [0.2, 0.25) is 5.91 Å². The Balaban J connectivity index is 1.51. The molecule has 1 unspecified atom stereocenters. The van der Waals surface area contributed by atoms with E-state index < -0.39 is 16.1 Å². The van der Waals surface area contributed by atoms with Gasteiger partial charge in [-0.25, -0.2) is 13.4 Å². The first-order valence-corrected chi connectivity index (χ1v) is 11.9. The number of thiazole rings is 1. The number of carbonyl (C=O) groups is 1. The maximum atomic E-state index is 12.9. The molecule has 0 saturated carbocycles. The van der Waals surface area contributed by atoms with Crippen molar-refractivity contribution in [2.24, 2.45) is 0 Å². The molecular weight excluding hydrogens is 440 g/mol. The predicted molar refractivity (Wildman–Crippen MR) is 110 cm³/mol. The van der Waals surface area contributed by atoms with Crippen molar-refractivity contribution in [1.29, 1.82) is 0 Å². The van der Waals surface area contributed by atoms with Crippen molar-refractivity contribution in [3.05, 3.63) is 46.4 Å². The van der Waals surface area contributed by atoms with Crippen molar-refractivity contribution >= 4 is 55.3 Å². The van der Waals surface area contributed by atoms with Gasteiger partial charge in [0.15, 0.2) is 5.13 Å². The van der Waals surface area contributed by atoms with Crippen molar-refractivity contribution in [3.63, 3.8) is 0 Å². The van der Waals surface area contributed by atoms with E-state index in [0.717, 1.165) is 22.6 Å². The average molecular weight is 455 g/mol. The molecule has 4 rings (SSSR count). The third-order valence-electron chi connectivity index (χ3n) is 4.33. The van der Waals surface area contributed by atoms with Crippen LogP contribution in [0.2, 0.25) is 4.34 Å². The van der Waals surface area contributed by atoms with Crippen molar-refractivity contribution in [3.8, 4) is 11.3 Å². The molecule has 1 amide bonds. The summed E-state index contributed by atoms with van der Waals surface area (Å²) in [7, 11) is -3.76. The summed E-state index contributed by atoms with van der Waals surface area (Å²) in [6.45, 7) is 0.302. The van der Waals surface area contributed by atoms with Gasteiger partial charge in [-0.05, 0) is 37.1 Å². The molecule has 11 heteroatoms. The molecule has 0 aromatic carbocycles. The molecule has 0 aliphatic carbocycles. The van der Waals surface area contributed by atoms with Crippen LogP contribution in [0.4, 0.5) is 5.13 Å². The number of hydrogen-bond donors (Lipinski definition) is 1. The Bertz CT molecular complexity index is 1100. The lowest BCUT2D eigenvalue weighted by atomic mass is 10.2. The van der Waals surface area contributed by atoms with E-state index in [2.05, 4.69) is 15.3 Å². The molecule has 0 spiro atoms. The first-order valence-electron chi connectivity index (χ1n) is 8.39. The lowest BCUT2D eigenvalue weighted by Gasteiger charge is -2.22. The molecule has 146 valence electrons. The number of pyridine rings is 1. The Morgan fingerprint density at radius 1 is 1.25 bits per heavy atom. The topological polar surface area (TPSA) is 92.3 Å². The maximum absolute atomic E-state index is 12.9. The number of nitrogens with one attached hydrogen (secondary N) is 1. The highest BCUT2D eigenvalue weighted by Crippen LogP contribution is 2.33. The van der Waals surface area contributed by atoms with Crippen LogP contribution in [0.1, 0.15) is 12.8 Å². The van der Waals surface area contributed by atoms with Crippen molar-refractivity contribution in [2.75, 3.05) is 11.9 Å². The Morgan fingerprint density at radius 3 is 2.75 bits per heavy atom. The zero-order chi connectivity index (χ0) is 19.7. The van der Waals surface area contributed by atoms with E-state index in [1.165, 1.54) is 21.7 Å². The molecule has 7 nitrogen and oxygen atoms in total. The fourth-order valence-corrected chi connectivity index (χ4v) is 7.01. The first-order chi connectivity index (χ1) is 13.4. The van der Waals surface area contributed by atoms with Crippen molar-refractivity contribution < 1.29 is 13.2 Å². The zero-order valence-corrected chi connectivity index (χ0v) is 17.6. The van der Waals surface area contributed by atoms with Crippen LogP contribution in [0.3, 0.4) is 0 Å². The highest BCUT2D eigenvalue weighted by Gasteiger charge is 2.40. The molecule has 1 saturated heterocycles. The van der Waals surface area contributed by atoms with Crippen LogP contribution in [-0.2, 0) is 14.8 Å². The summed E-state index contributed by atoms with van der Waals surface area (Å²) in [5.74, 6) is -0.376. The lowest BCUT2D eigenvalue weighted by Crippen LogP contribution is -2.42. The highest BCUT2D eigenvalue weighted by atomic mass is 35.5. The normalized spacial score (nSPS) is 17.7. The number of carbonyl (C=O) groups excluding carboxylic acids is 1. The lowest BCUT2D eigenvalue weighted by molar-refractivity contribution is -0.119. The maximum Gasteiger partial charge on any atom is 0.253 e. The van der Waals surface area contributed by atoms with Crippen molar-refractivity contribution in [1.82, 2.24) is 14.3 Å². The van der Waals surface area contributed by atoms with Gasteiger partial charge in [-0.15, -0.1) is 22.7 Å². The smallest absolute Gasteiger partial charge is 0.253 e. The Labute approximate surface area is 175 Å². The minimum Gasteiger partial charge on any atom is -0.301 e. The largest absolute Gasteiger partial charge is 0.301 e. The molecule has 1 aliphatic rings. The van der Waals surface area contributed by atoms with Gasteiger partial charge in [-0.1, -0.05) is 11.6 Å². The average Bonchev–Trinajstić information content (AvgIpc) is 3.43. The number of sulfonamides is 1. The molecule has 1 aliphatic heterocycles. The minimum absolute atomic E-state index is 0.145. The molecule has 1 atom stereocenters. The Morgan fingerprint density at radius 2 is 2.04 bits per heavy atom. The van der Waals surface area contributed by atoms with E-state index in [4.69, 9.17) is 11.6 Å². The second-order valence-electron chi connectivity index (χ2n) is 6.10. The molecule has 1 N–H and O–H groups in total. The van der Waals surface area contributed by atoms with Crippen LogP contribution in [0.25, 0.3) is 11.3 Å². The molecule has 3 aromatic rings. The van der Waals surface area contributed by atoms with E-state index in [1.54, 1.807) is 18.5 Å². The molecule has 1 fully saturated rings. The molecular formula is C17H15ClN4O3S3. The SMILES string of the molecule is O=C(Nc1nc(-c2ccncc2)cs1)C1CCCN1S(=O)(=O)c1ccc(Cl)s1. The van der Waals surface area contributed by atoms with Crippen LogP contribution >= 0.6 is 34.3 Å². The summed E-state index contributed by atoms with van der Waals surface area (Å²) in [5.41, 5.74) is 1.62. The van der Waals surface area contributed by atoms with E-state index in [0.29, 0.717) is 28.9 Å². The van der Waals surface area contributed by atoms with E-state index in [9.17, 15) is 13.2 Å². The van der Waals surface area contributed by atoms with E-state index in [1.807, 2.05) is 17.5 Å². The van der Waals surface area contributed by atoms with Crippen LogP contribution in [-0.4, -0.2) is 41.2 Å². The van der Waals surface area contributed by atoms with Gasteiger partial charge < -0.3 is 5.32 Å². The zero-order valence-electron chi connectivity index (χ0n) is 14.4.